The van der Waals surface area contributed by atoms with Crippen molar-refractivity contribution in [1.29, 1.82) is 0 Å². The minimum Gasteiger partial charge on any atom is -0.493 e. The highest BCUT2D eigenvalue weighted by atomic mass is 16.7. The number of fused-ring (bicyclic) bond motifs is 2. The molecule has 0 saturated carbocycles. The van der Waals surface area contributed by atoms with E-state index in [4.69, 9.17) is 14.2 Å². The van der Waals surface area contributed by atoms with E-state index in [1.807, 2.05) is 57.2 Å². The van der Waals surface area contributed by atoms with Crippen molar-refractivity contribution in [1.82, 2.24) is 10.7 Å². The van der Waals surface area contributed by atoms with Crippen LogP contribution in [0.4, 0.5) is 0 Å². The minimum atomic E-state index is -0.784. The number of benzene rings is 3. The first-order valence-electron chi connectivity index (χ1n) is 11.7. The lowest BCUT2D eigenvalue weighted by Crippen LogP contribution is -2.48. The van der Waals surface area contributed by atoms with Gasteiger partial charge in [0.1, 0.15) is 11.8 Å². The summed E-state index contributed by atoms with van der Waals surface area (Å²) >= 11 is 0. The van der Waals surface area contributed by atoms with Gasteiger partial charge in [-0.05, 0) is 47.4 Å². The molecule has 1 heterocycles. The number of amides is 2. The summed E-state index contributed by atoms with van der Waals surface area (Å²) in [5, 5.41) is 9.00. The van der Waals surface area contributed by atoms with Gasteiger partial charge in [0, 0.05) is 11.1 Å². The fourth-order valence-electron chi connectivity index (χ4n) is 3.77. The number of hydrogen-bond donors (Lipinski definition) is 2. The topological polar surface area (TPSA) is 98.2 Å². The highest BCUT2D eigenvalue weighted by Crippen LogP contribution is 2.32. The van der Waals surface area contributed by atoms with Crippen LogP contribution in [0.5, 0.6) is 17.2 Å². The van der Waals surface area contributed by atoms with Crippen LogP contribution in [-0.2, 0) is 4.79 Å². The Morgan fingerprint density at radius 3 is 2.69 bits per heavy atom. The smallest absolute Gasteiger partial charge is 0.262 e. The second-order valence-corrected chi connectivity index (χ2v) is 8.54. The third-order valence-electron chi connectivity index (χ3n) is 5.63. The van der Waals surface area contributed by atoms with E-state index >= 15 is 0 Å². The summed E-state index contributed by atoms with van der Waals surface area (Å²) in [6.45, 7) is 6.45. The van der Waals surface area contributed by atoms with Gasteiger partial charge in [-0.15, -0.1) is 0 Å². The van der Waals surface area contributed by atoms with E-state index in [0.29, 0.717) is 29.4 Å². The average molecular weight is 476 g/mol. The normalized spacial score (nSPS) is 13.3. The number of nitrogens with one attached hydrogen (secondary N) is 2. The minimum absolute atomic E-state index is 0.122. The monoisotopic (exact) mass is 475 g/mol. The molecular formula is C27H29N3O5. The predicted octanol–water partition coefficient (Wildman–Crippen LogP) is 4.26. The van der Waals surface area contributed by atoms with Crippen LogP contribution in [-0.4, -0.2) is 37.5 Å². The fourth-order valence-corrected chi connectivity index (χ4v) is 3.77. The van der Waals surface area contributed by atoms with E-state index in [0.717, 1.165) is 22.8 Å². The van der Waals surface area contributed by atoms with Crippen molar-refractivity contribution in [2.45, 2.75) is 33.2 Å². The van der Waals surface area contributed by atoms with Gasteiger partial charge >= 0.3 is 0 Å². The van der Waals surface area contributed by atoms with E-state index in [9.17, 15) is 9.59 Å². The van der Waals surface area contributed by atoms with Crippen molar-refractivity contribution in [3.8, 4) is 17.2 Å². The Morgan fingerprint density at radius 1 is 1.09 bits per heavy atom. The van der Waals surface area contributed by atoms with Gasteiger partial charge in [0.2, 0.25) is 6.79 Å². The number of carbonyl (C=O) groups excluding carboxylic acids is 2. The van der Waals surface area contributed by atoms with Gasteiger partial charge in [-0.1, -0.05) is 51.1 Å². The van der Waals surface area contributed by atoms with E-state index in [1.165, 1.54) is 0 Å². The van der Waals surface area contributed by atoms with Gasteiger partial charge in [0.25, 0.3) is 11.8 Å². The van der Waals surface area contributed by atoms with Crippen molar-refractivity contribution in [3.63, 3.8) is 0 Å². The van der Waals surface area contributed by atoms with Gasteiger partial charge in [0.15, 0.2) is 11.5 Å². The lowest BCUT2D eigenvalue weighted by Gasteiger charge is -2.20. The molecule has 1 atom stereocenters. The van der Waals surface area contributed by atoms with E-state index in [-0.39, 0.29) is 18.6 Å². The first kappa shape index (κ1) is 24.1. The van der Waals surface area contributed by atoms with Crippen LogP contribution in [0.3, 0.4) is 0 Å². The molecule has 1 aliphatic rings. The number of hydrazone groups is 1. The summed E-state index contributed by atoms with van der Waals surface area (Å²) in [4.78, 5) is 25.7. The highest BCUT2D eigenvalue weighted by Gasteiger charge is 2.25. The van der Waals surface area contributed by atoms with Crippen LogP contribution < -0.4 is 25.0 Å². The zero-order valence-corrected chi connectivity index (χ0v) is 20.0. The summed E-state index contributed by atoms with van der Waals surface area (Å²) in [5.74, 6) is 0.824. The molecule has 182 valence electrons. The van der Waals surface area contributed by atoms with Crippen LogP contribution in [0.2, 0.25) is 0 Å². The van der Waals surface area contributed by atoms with E-state index < -0.39 is 11.9 Å². The number of nitrogens with zero attached hydrogens (tertiary/aromatic N) is 1. The van der Waals surface area contributed by atoms with Gasteiger partial charge < -0.3 is 19.5 Å². The van der Waals surface area contributed by atoms with E-state index in [2.05, 4.69) is 15.8 Å². The summed E-state index contributed by atoms with van der Waals surface area (Å²) in [7, 11) is 0. The second-order valence-electron chi connectivity index (χ2n) is 8.54. The highest BCUT2D eigenvalue weighted by molar-refractivity contribution is 6.03. The quantitative estimate of drug-likeness (QED) is 0.356. The SMILES string of the molecule is CCCOc1ccc2ccccc2c1C=NNC(=O)C(NC(=O)c1ccc2c(c1)OCO2)C(C)C. The van der Waals surface area contributed by atoms with Crippen molar-refractivity contribution in [2.75, 3.05) is 13.4 Å². The summed E-state index contributed by atoms with van der Waals surface area (Å²) in [6.07, 6.45) is 2.46. The van der Waals surface area contributed by atoms with Crippen LogP contribution in [0.25, 0.3) is 10.8 Å². The van der Waals surface area contributed by atoms with Crippen LogP contribution in [0, 0.1) is 5.92 Å². The molecule has 0 aromatic heterocycles. The maximum Gasteiger partial charge on any atom is 0.262 e. The number of rotatable bonds is 9. The largest absolute Gasteiger partial charge is 0.493 e. The van der Waals surface area contributed by atoms with Gasteiger partial charge in [0.05, 0.1) is 12.8 Å². The zero-order chi connectivity index (χ0) is 24.8. The molecule has 2 amide bonds. The summed E-state index contributed by atoms with van der Waals surface area (Å²) in [6, 6.07) is 15.9. The second kappa shape index (κ2) is 10.9. The molecule has 1 unspecified atom stereocenters. The van der Waals surface area contributed by atoms with Crippen LogP contribution in [0.15, 0.2) is 59.7 Å². The number of hydrogen-bond acceptors (Lipinski definition) is 6. The molecule has 35 heavy (non-hydrogen) atoms. The molecule has 0 aliphatic carbocycles. The molecule has 0 bridgehead atoms. The average Bonchev–Trinajstić information content (AvgIpc) is 3.34. The summed E-state index contributed by atoms with van der Waals surface area (Å²) in [5.41, 5.74) is 3.73. The molecule has 0 radical (unpaired) electrons. The first-order chi connectivity index (χ1) is 17.0. The first-order valence-corrected chi connectivity index (χ1v) is 11.7. The van der Waals surface area contributed by atoms with Crippen molar-refractivity contribution < 1.29 is 23.8 Å². The van der Waals surface area contributed by atoms with E-state index in [1.54, 1.807) is 24.4 Å². The fraction of sp³-hybridized carbons (Fsp3) is 0.296. The molecule has 3 aromatic carbocycles. The molecule has 2 N–H and O–H groups in total. The lowest BCUT2D eigenvalue weighted by molar-refractivity contribution is -0.123. The Balaban J connectivity index is 1.48. The molecule has 0 fully saturated rings. The molecule has 1 aliphatic heterocycles. The zero-order valence-electron chi connectivity index (χ0n) is 20.0. The molecule has 0 spiro atoms. The van der Waals surface area contributed by atoms with Crippen molar-refractivity contribution in [2.24, 2.45) is 11.0 Å². The third-order valence-corrected chi connectivity index (χ3v) is 5.63. The lowest BCUT2D eigenvalue weighted by atomic mass is 10.0. The molecule has 4 rings (SSSR count). The molecular weight excluding hydrogens is 446 g/mol. The van der Waals surface area contributed by atoms with Gasteiger partial charge in [-0.25, -0.2) is 5.43 Å². The Hall–Kier alpha value is -4.07. The molecule has 8 nitrogen and oxygen atoms in total. The molecule has 8 heteroatoms. The van der Waals surface area contributed by atoms with Gasteiger partial charge in [-0.2, -0.15) is 5.10 Å². The van der Waals surface area contributed by atoms with Gasteiger partial charge in [-0.3, -0.25) is 9.59 Å². The van der Waals surface area contributed by atoms with Crippen LogP contribution >= 0.6 is 0 Å². The number of ether oxygens (including phenoxy) is 3. The third kappa shape index (κ3) is 5.54. The standard InChI is InChI=1S/C27H29N3O5/c1-4-13-33-22-11-9-18-7-5-6-8-20(18)21(22)15-28-30-27(32)25(17(2)3)29-26(31)19-10-12-23-24(14-19)35-16-34-23/h5-12,14-15,17,25H,4,13,16H2,1-3H3,(H,29,31)(H,30,32). The Bertz CT molecular complexity index is 1250. The maximum atomic E-state index is 12.9. The van der Waals surface area contributed by atoms with Crippen molar-refractivity contribution in [3.05, 3.63) is 65.7 Å². The number of carbonyl (C=O) groups is 2. The molecule has 0 saturated heterocycles. The van der Waals surface area contributed by atoms with Crippen LogP contribution in [0.1, 0.15) is 43.1 Å². The Labute approximate surface area is 204 Å². The predicted molar refractivity (Wildman–Crippen MR) is 134 cm³/mol. The Morgan fingerprint density at radius 2 is 1.89 bits per heavy atom. The maximum absolute atomic E-state index is 12.9. The molecule has 3 aromatic rings. The Kier molecular flexibility index (Phi) is 7.50. The van der Waals surface area contributed by atoms with Crippen molar-refractivity contribution >= 4 is 28.8 Å². The summed E-state index contributed by atoms with van der Waals surface area (Å²) < 4.78 is 16.5.